The van der Waals surface area contributed by atoms with Crippen LogP contribution >= 0.6 is 11.3 Å². The van der Waals surface area contributed by atoms with Crippen molar-refractivity contribution in [2.45, 2.75) is 32.7 Å². The summed E-state index contributed by atoms with van der Waals surface area (Å²) in [5.41, 5.74) is 1.55. The van der Waals surface area contributed by atoms with E-state index in [2.05, 4.69) is 10.3 Å². The highest BCUT2D eigenvalue weighted by atomic mass is 32.1. The molecule has 0 saturated carbocycles. The fraction of sp³-hybridized carbons (Fsp3) is 0.444. The number of amides is 1. The van der Waals surface area contributed by atoms with Gasteiger partial charge < -0.3 is 15.0 Å². The molecule has 0 spiro atoms. The summed E-state index contributed by atoms with van der Waals surface area (Å²) in [6.07, 6.45) is 5.20. The summed E-state index contributed by atoms with van der Waals surface area (Å²) in [6, 6.07) is 5.64. The lowest BCUT2D eigenvalue weighted by Gasteiger charge is -2.27. The molecule has 0 radical (unpaired) electrons. The monoisotopic (exact) mass is 345 g/mol. The van der Waals surface area contributed by atoms with Crippen molar-refractivity contribution in [3.05, 3.63) is 40.3 Å². The average molecular weight is 345 g/mol. The second-order valence-corrected chi connectivity index (χ2v) is 6.76. The van der Waals surface area contributed by atoms with Crippen LogP contribution in [0.3, 0.4) is 0 Å². The van der Waals surface area contributed by atoms with E-state index >= 15 is 0 Å². The van der Waals surface area contributed by atoms with E-state index in [-0.39, 0.29) is 5.91 Å². The van der Waals surface area contributed by atoms with Crippen LogP contribution in [0.25, 0.3) is 0 Å². The number of thiazole rings is 1. The van der Waals surface area contributed by atoms with Gasteiger partial charge in [0.25, 0.3) is 5.91 Å². The fourth-order valence-corrected chi connectivity index (χ4v) is 3.43. The summed E-state index contributed by atoms with van der Waals surface area (Å²) in [4.78, 5) is 18.9. The highest BCUT2D eigenvalue weighted by molar-refractivity contribution is 7.09. The Bertz CT molecular complexity index is 667. The van der Waals surface area contributed by atoms with E-state index in [1.807, 2.05) is 35.4 Å². The lowest BCUT2D eigenvalue weighted by Crippen LogP contribution is -2.35. The van der Waals surface area contributed by atoms with Crippen LogP contribution in [-0.4, -0.2) is 35.5 Å². The molecular formula is C18H23N3O2S. The van der Waals surface area contributed by atoms with Crippen molar-refractivity contribution < 1.29 is 9.53 Å². The van der Waals surface area contributed by atoms with Gasteiger partial charge in [0, 0.05) is 30.2 Å². The molecule has 1 aromatic heterocycles. The number of hydrogen-bond donors (Lipinski definition) is 1. The van der Waals surface area contributed by atoms with Gasteiger partial charge in [-0.25, -0.2) is 4.98 Å². The molecule has 6 heteroatoms. The number of benzene rings is 1. The van der Waals surface area contributed by atoms with Crippen molar-refractivity contribution in [3.8, 4) is 5.75 Å². The predicted octanol–water partition coefficient (Wildman–Crippen LogP) is 3.78. The Morgan fingerprint density at radius 3 is 2.88 bits per heavy atom. The number of hydrogen-bond acceptors (Lipinski definition) is 5. The van der Waals surface area contributed by atoms with Gasteiger partial charge in [-0.1, -0.05) is 0 Å². The topological polar surface area (TPSA) is 54.5 Å². The van der Waals surface area contributed by atoms with E-state index in [0.717, 1.165) is 42.4 Å². The first kappa shape index (κ1) is 16.8. The molecule has 2 aromatic rings. The van der Waals surface area contributed by atoms with Crippen molar-refractivity contribution in [1.82, 2.24) is 9.88 Å². The third kappa shape index (κ3) is 4.06. The van der Waals surface area contributed by atoms with Gasteiger partial charge in [0.1, 0.15) is 10.8 Å². The number of rotatable bonds is 6. The van der Waals surface area contributed by atoms with E-state index in [1.54, 1.807) is 17.5 Å². The molecule has 1 aromatic carbocycles. The highest BCUT2D eigenvalue weighted by Gasteiger charge is 2.19. The average Bonchev–Trinajstić information content (AvgIpc) is 3.15. The van der Waals surface area contributed by atoms with Crippen molar-refractivity contribution in [2.75, 3.05) is 25.0 Å². The minimum Gasteiger partial charge on any atom is -0.492 e. The van der Waals surface area contributed by atoms with Crippen molar-refractivity contribution in [1.29, 1.82) is 0 Å². The molecule has 2 heterocycles. The number of nitrogens with zero attached hydrogens (tertiary/aromatic N) is 2. The Kier molecular flexibility index (Phi) is 5.69. The third-order valence-corrected chi connectivity index (χ3v) is 4.86. The molecule has 128 valence electrons. The van der Waals surface area contributed by atoms with Crippen LogP contribution in [0.5, 0.6) is 5.75 Å². The van der Waals surface area contributed by atoms with Gasteiger partial charge in [-0.2, -0.15) is 0 Å². The first-order valence-corrected chi connectivity index (χ1v) is 9.34. The molecular weight excluding hydrogens is 322 g/mol. The van der Waals surface area contributed by atoms with Crippen LogP contribution in [0.1, 0.15) is 41.6 Å². The Morgan fingerprint density at radius 2 is 2.17 bits per heavy atom. The zero-order chi connectivity index (χ0) is 16.8. The smallest absolute Gasteiger partial charge is 0.253 e. The van der Waals surface area contributed by atoms with Crippen LogP contribution in [0.4, 0.5) is 5.69 Å². The molecule has 5 nitrogen and oxygen atoms in total. The van der Waals surface area contributed by atoms with Crippen molar-refractivity contribution in [2.24, 2.45) is 0 Å². The van der Waals surface area contributed by atoms with E-state index in [4.69, 9.17) is 4.74 Å². The van der Waals surface area contributed by atoms with Gasteiger partial charge >= 0.3 is 0 Å². The number of piperidine rings is 1. The SMILES string of the molecule is CCOc1ccc(C(=O)N2CCCCC2)cc1NCc1nccs1. The largest absolute Gasteiger partial charge is 0.492 e. The molecule has 0 unspecified atom stereocenters. The van der Waals surface area contributed by atoms with E-state index in [0.29, 0.717) is 18.7 Å². The lowest BCUT2D eigenvalue weighted by atomic mass is 10.1. The molecule has 0 aliphatic carbocycles. The van der Waals surface area contributed by atoms with E-state index < -0.39 is 0 Å². The van der Waals surface area contributed by atoms with Crippen molar-refractivity contribution in [3.63, 3.8) is 0 Å². The summed E-state index contributed by atoms with van der Waals surface area (Å²) in [5, 5.41) is 6.31. The Balaban J connectivity index is 1.77. The number of carbonyl (C=O) groups excluding carboxylic acids is 1. The predicted molar refractivity (Wildman–Crippen MR) is 96.8 cm³/mol. The summed E-state index contributed by atoms with van der Waals surface area (Å²) < 4.78 is 5.68. The highest BCUT2D eigenvalue weighted by Crippen LogP contribution is 2.28. The first-order valence-electron chi connectivity index (χ1n) is 8.46. The molecule has 1 aliphatic rings. The second kappa shape index (κ2) is 8.15. The van der Waals surface area contributed by atoms with Crippen LogP contribution in [0.15, 0.2) is 29.8 Å². The van der Waals surface area contributed by atoms with Gasteiger partial charge in [-0.15, -0.1) is 11.3 Å². The van der Waals surface area contributed by atoms with Crippen molar-refractivity contribution >= 4 is 22.9 Å². The summed E-state index contributed by atoms with van der Waals surface area (Å²) in [6.45, 7) is 4.88. The van der Waals surface area contributed by atoms with E-state index in [1.165, 1.54) is 6.42 Å². The standard InChI is InChI=1S/C18H23N3O2S/c1-2-23-16-7-6-14(18(22)21-9-4-3-5-10-21)12-15(16)20-13-17-19-8-11-24-17/h6-8,11-12,20H,2-5,9-10,13H2,1H3. The van der Waals surface area contributed by atoms with E-state index in [9.17, 15) is 4.79 Å². The number of nitrogens with one attached hydrogen (secondary N) is 1. The Morgan fingerprint density at radius 1 is 1.33 bits per heavy atom. The maximum Gasteiger partial charge on any atom is 0.253 e. The van der Waals surface area contributed by atoms with Gasteiger partial charge in [0.15, 0.2) is 0 Å². The molecule has 24 heavy (non-hydrogen) atoms. The van der Waals surface area contributed by atoms with Crippen LogP contribution in [0.2, 0.25) is 0 Å². The number of carbonyl (C=O) groups is 1. The van der Waals surface area contributed by atoms with Gasteiger partial charge in [-0.05, 0) is 44.4 Å². The minimum absolute atomic E-state index is 0.107. The first-order chi connectivity index (χ1) is 11.8. The van der Waals surface area contributed by atoms with Crippen LogP contribution in [0, 0.1) is 0 Å². The minimum atomic E-state index is 0.107. The number of ether oxygens (including phenoxy) is 1. The number of likely N-dealkylation sites (tertiary alicyclic amines) is 1. The lowest BCUT2D eigenvalue weighted by molar-refractivity contribution is 0.0724. The van der Waals surface area contributed by atoms with Crippen LogP contribution in [-0.2, 0) is 6.54 Å². The maximum absolute atomic E-state index is 12.7. The molecule has 0 bridgehead atoms. The second-order valence-electron chi connectivity index (χ2n) is 5.78. The normalized spacial score (nSPS) is 14.5. The van der Waals surface area contributed by atoms with Gasteiger partial charge in [-0.3, -0.25) is 4.79 Å². The molecule has 1 saturated heterocycles. The molecule has 1 amide bonds. The molecule has 1 N–H and O–H groups in total. The summed E-state index contributed by atoms with van der Waals surface area (Å²) in [5.74, 6) is 0.874. The molecule has 1 fully saturated rings. The number of aromatic nitrogens is 1. The maximum atomic E-state index is 12.7. The third-order valence-electron chi connectivity index (χ3n) is 4.08. The molecule has 1 aliphatic heterocycles. The zero-order valence-corrected chi connectivity index (χ0v) is 14.8. The molecule has 0 atom stereocenters. The zero-order valence-electron chi connectivity index (χ0n) is 14.0. The van der Waals surface area contributed by atoms with Gasteiger partial charge in [0.2, 0.25) is 0 Å². The Hall–Kier alpha value is -2.08. The van der Waals surface area contributed by atoms with Crippen LogP contribution < -0.4 is 10.1 Å². The summed E-state index contributed by atoms with van der Waals surface area (Å²) in [7, 11) is 0. The Labute approximate surface area is 146 Å². The number of anilines is 1. The molecule has 3 rings (SSSR count). The summed E-state index contributed by atoms with van der Waals surface area (Å²) >= 11 is 1.61. The fourth-order valence-electron chi connectivity index (χ4n) is 2.87. The quantitative estimate of drug-likeness (QED) is 0.866. The van der Waals surface area contributed by atoms with Gasteiger partial charge in [0.05, 0.1) is 18.8 Å².